The van der Waals surface area contributed by atoms with Gasteiger partial charge in [0.2, 0.25) is 23.8 Å². The molecule has 4 N–H and O–H groups in total. The summed E-state index contributed by atoms with van der Waals surface area (Å²) in [5.41, 5.74) is 7.61. The van der Waals surface area contributed by atoms with E-state index in [9.17, 15) is 4.79 Å². The third-order valence-electron chi connectivity index (χ3n) is 3.98. The van der Waals surface area contributed by atoms with Crippen molar-refractivity contribution < 1.29 is 4.79 Å². The summed E-state index contributed by atoms with van der Waals surface area (Å²) in [5, 5.41) is 6.43. The quantitative estimate of drug-likeness (QED) is 0.639. The van der Waals surface area contributed by atoms with E-state index < -0.39 is 5.91 Å². The third-order valence-corrected chi connectivity index (χ3v) is 3.98. The number of anilines is 4. The van der Waals surface area contributed by atoms with E-state index in [0.717, 1.165) is 30.8 Å². The molecule has 152 valence electrons. The van der Waals surface area contributed by atoms with Crippen LogP contribution in [0.25, 0.3) is 0 Å². The molecular formula is C20H31N7O. The first-order valence-corrected chi connectivity index (χ1v) is 9.47. The third kappa shape index (κ3) is 6.07. The smallest absolute Gasteiger partial charge is 0.248 e. The van der Waals surface area contributed by atoms with Gasteiger partial charge in [0, 0.05) is 31.4 Å². The first-order chi connectivity index (χ1) is 13.1. The first-order valence-electron chi connectivity index (χ1n) is 9.47. The number of primary amides is 1. The monoisotopic (exact) mass is 385 g/mol. The number of aromatic nitrogens is 3. The zero-order chi connectivity index (χ0) is 20.9. The molecule has 8 nitrogen and oxygen atoms in total. The van der Waals surface area contributed by atoms with E-state index in [1.807, 2.05) is 24.9 Å². The molecule has 8 heteroatoms. The molecule has 2 rings (SSSR count). The summed E-state index contributed by atoms with van der Waals surface area (Å²) in [7, 11) is 1.97. The number of hydrogen-bond donors (Lipinski definition) is 3. The summed E-state index contributed by atoms with van der Waals surface area (Å²) < 4.78 is 0. The van der Waals surface area contributed by atoms with E-state index in [1.165, 1.54) is 0 Å². The molecule has 1 aromatic carbocycles. The SMILES string of the molecule is CCCNc1nc(Nc2cc(C(N)=O)ccc2C)nc(N(C)CC(C)(C)C)n1. The van der Waals surface area contributed by atoms with Crippen molar-refractivity contribution in [1.29, 1.82) is 0 Å². The molecule has 0 radical (unpaired) electrons. The lowest BCUT2D eigenvalue weighted by Crippen LogP contribution is -2.31. The van der Waals surface area contributed by atoms with Crippen LogP contribution >= 0.6 is 0 Å². The molecule has 0 saturated carbocycles. The second kappa shape index (κ2) is 8.86. The van der Waals surface area contributed by atoms with Gasteiger partial charge in [0.1, 0.15) is 0 Å². The van der Waals surface area contributed by atoms with E-state index in [-0.39, 0.29) is 5.41 Å². The summed E-state index contributed by atoms with van der Waals surface area (Å²) >= 11 is 0. The fourth-order valence-corrected chi connectivity index (χ4v) is 2.72. The van der Waals surface area contributed by atoms with Crippen LogP contribution in [0.1, 0.15) is 50.0 Å². The second-order valence-electron chi connectivity index (χ2n) is 8.15. The van der Waals surface area contributed by atoms with Gasteiger partial charge in [-0.3, -0.25) is 4.79 Å². The van der Waals surface area contributed by atoms with E-state index in [4.69, 9.17) is 5.73 Å². The summed E-state index contributed by atoms with van der Waals surface area (Å²) in [6.45, 7) is 12.1. The van der Waals surface area contributed by atoms with Gasteiger partial charge >= 0.3 is 0 Å². The average Bonchev–Trinajstić information content (AvgIpc) is 2.60. The second-order valence-corrected chi connectivity index (χ2v) is 8.15. The van der Waals surface area contributed by atoms with Crippen molar-refractivity contribution >= 4 is 29.4 Å². The molecule has 0 spiro atoms. The van der Waals surface area contributed by atoms with Crippen molar-refractivity contribution in [1.82, 2.24) is 15.0 Å². The van der Waals surface area contributed by atoms with Gasteiger partial charge in [-0.15, -0.1) is 0 Å². The Labute approximate surface area is 167 Å². The molecule has 28 heavy (non-hydrogen) atoms. The number of carbonyl (C=O) groups excluding carboxylic acids is 1. The molecule has 0 aliphatic heterocycles. The Morgan fingerprint density at radius 2 is 1.86 bits per heavy atom. The highest BCUT2D eigenvalue weighted by atomic mass is 16.1. The van der Waals surface area contributed by atoms with Gasteiger partial charge in [-0.2, -0.15) is 15.0 Å². The van der Waals surface area contributed by atoms with Gasteiger partial charge in [-0.25, -0.2) is 0 Å². The molecule has 0 bridgehead atoms. The number of benzene rings is 1. The first kappa shape index (κ1) is 21.4. The molecule has 0 aliphatic carbocycles. The Balaban J connectivity index is 2.38. The van der Waals surface area contributed by atoms with Crippen LogP contribution in [-0.2, 0) is 0 Å². The normalized spacial score (nSPS) is 11.2. The van der Waals surface area contributed by atoms with Crippen molar-refractivity contribution in [2.24, 2.45) is 11.1 Å². The van der Waals surface area contributed by atoms with Gasteiger partial charge in [-0.1, -0.05) is 33.8 Å². The molecule has 0 saturated heterocycles. The van der Waals surface area contributed by atoms with Crippen LogP contribution in [0.15, 0.2) is 18.2 Å². The minimum absolute atomic E-state index is 0.0956. The van der Waals surface area contributed by atoms with Gasteiger partial charge in [0.15, 0.2) is 0 Å². The highest BCUT2D eigenvalue weighted by Crippen LogP contribution is 2.23. The minimum atomic E-state index is -0.477. The maximum atomic E-state index is 11.5. The molecule has 0 atom stereocenters. The Hall–Kier alpha value is -2.90. The van der Waals surface area contributed by atoms with Crippen LogP contribution in [0.4, 0.5) is 23.5 Å². The van der Waals surface area contributed by atoms with E-state index in [0.29, 0.717) is 23.4 Å². The Morgan fingerprint density at radius 3 is 2.46 bits per heavy atom. The van der Waals surface area contributed by atoms with Crippen LogP contribution < -0.4 is 21.3 Å². The lowest BCUT2D eigenvalue weighted by atomic mass is 9.96. The Kier molecular flexibility index (Phi) is 6.77. The Bertz CT molecular complexity index is 830. The van der Waals surface area contributed by atoms with Gasteiger partial charge < -0.3 is 21.3 Å². The van der Waals surface area contributed by atoms with Crippen LogP contribution in [0, 0.1) is 12.3 Å². The number of amides is 1. The molecular weight excluding hydrogens is 354 g/mol. The van der Waals surface area contributed by atoms with Crippen LogP contribution in [0.2, 0.25) is 0 Å². The minimum Gasteiger partial charge on any atom is -0.366 e. The summed E-state index contributed by atoms with van der Waals surface area (Å²) in [6, 6.07) is 5.25. The highest BCUT2D eigenvalue weighted by Gasteiger charge is 2.18. The van der Waals surface area contributed by atoms with Crippen molar-refractivity contribution in [3.05, 3.63) is 29.3 Å². The molecule has 1 amide bonds. The zero-order valence-electron chi connectivity index (χ0n) is 17.6. The maximum absolute atomic E-state index is 11.5. The maximum Gasteiger partial charge on any atom is 0.248 e. The molecule has 1 heterocycles. The van der Waals surface area contributed by atoms with E-state index >= 15 is 0 Å². The highest BCUT2D eigenvalue weighted by molar-refractivity contribution is 5.94. The average molecular weight is 386 g/mol. The van der Waals surface area contributed by atoms with E-state index in [2.05, 4.69) is 53.3 Å². The van der Waals surface area contributed by atoms with Crippen molar-refractivity contribution in [3.63, 3.8) is 0 Å². The van der Waals surface area contributed by atoms with Crippen LogP contribution in [0.5, 0.6) is 0 Å². The molecule has 0 fully saturated rings. The van der Waals surface area contributed by atoms with Gasteiger partial charge in [0.05, 0.1) is 0 Å². The van der Waals surface area contributed by atoms with Crippen LogP contribution in [-0.4, -0.2) is 41.0 Å². The molecule has 1 aromatic heterocycles. The summed E-state index contributed by atoms with van der Waals surface area (Å²) in [4.78, 5) is 27.1. The van der Waals surface area contributed by atoms with Crippen molar-refractivity contribution in [2.45, 2.75) is 41.0 Å². The van der Waals surface area contributed by atoms with Crippen molar-refractivity contribution in [2.75, 3.05) is 35.7 Å². The topological polar surface area (TPSA) is 109 Å². The predicted molar refractivity (Wildman–Crippen MR) is 114 cm³/mol. The number of nitrogens with one attached hydrogen (secondary N) is 2. The van der Waals surface area contributed by atoms with Gasteiger partial charge in [-0.05, 0) is 36.5 Å². The molecule has 0 unspecified atom stereocenters. The number of hydrogen-bond acceptors (Lipinski definition) is 7. The van der Waals surface area contributed by atoms with Gasteiger partial charge in [0.25, 0.3) is 0 Å². The lowest BCUT2D eigenvalue weighted by Gasteiger charge is -2.27. The number of aryl methyl sites for hydroxylation is 1. The predicted octanol–water partition coefficient (Wildman–Crippen LogP) is 3.33. The molecule has 2 aromatic rings. The zero-order valence-corrected chi connectivity index (χ0v) is 17.6. The van der Waals surface area contributed by atoms with Crippen molar-refractivity contribution in [3.8, 4) is 0 Å². The fourth-order valence-electron chi connectivity index (χ4n) is 2.72. The standard InChI is InChI=1S/C20H31N7O/c1-7-10-22-17-24-18(26-19(25-17)27(6)12-20(3,4)5)23-15-11-14(16(21)28)9-8-13(15)2/h8-9,11H,7,10,12H2,1-6H3,(H2,21,28)(H2,22,23,24,25,26). The summed E-state index contributed by atoms with van der Waals surface area (Å²) in [5.74, 6) is 1.03. The lowest BCUT2D eigenvalue weighted by molar-refractivity contribution is 0.100. The largest absolute Gasteiger partial charge is 0.366 e. The fraction of sp³-hybridized carbons (Fsp3) is 0.500. The van der Waals surface area contributed by atoms with Crippen LogP contribution in [0.3, 0.4) is 0 Å². The Morgan fingerprint density at radius 1 is 1.18 bits per heavy atom. The van der Waals surface area contributed by atoms with E-state index in [1.54, 1.807) is 12.1 Å². The number of nitrogens with zero attached hydrogens (tertiary/aromatic N) is 4. The molecule has 0 aliphatic rings. The number of nitrogens with two attached hydrogens (primary N) is 1. The summed E-state index contributed by atoms with van der Waals surface area (Å²) in [6.07, 6.45) is 0.960. The number of rotatable bonds is 8. The number of carbonyl (C=O) groups is 1.